The molecule has 0 aliphatic heterocycles. The van der Waals surface area contributed by atoms with Crippen LogP contribution in [0.1, 0.15) is 25.0 Å². The van der Waals surface area contributed by atoms with Crippen LogP contribution in [0, 0.1) is 0 Å². The Labute approximate surface area is 152 Å². The molecule has 134 valence electrons. The highest BCUT2D eigenvalue weighted by Crippen LogP contribution is 2.33. The first kappa shape index (κ1) is 19.4. The van der Waals surface area contributed by atoms with E-state index in [-0.39, 0.29) is 11.5 Å². The summed E-state index contributed by atoms with van der Waals surface area (Å²) in [5.74, 6) is -0.982. The SMILES string of the molecule is CC(=O)C(=Cc1ccccc1)O[PH](=O)OC(=Cc1ccccc1)C(C)=O. The van der Waals surface area contributed by atoms with Crippen molar-refractivity contribution in [3.05, 3.63) is 83.3 Å². The van der Waals surface area contributed by atoms with Crippen LogP contribution in [-0.2, 0) is 23.2 Å². The maximum atomic E-state index is 12.2. The second-order valence-corrected chi connectivity index (χ2v) is 6.31. The molecule has 0 fully saturated rings. The second-order valence-electron chi connectivity index (χ2n) is 5.41. The van der Waals surface area contributed by atoms with Crippen molar-refractivity contribution in [3.8, 4) is 0 Å². The van der Waals surface area contributed by atoms with Gasteiger partial charge >= 0.3 is 8.25 Å². The van der Waals surface area contributed by atoms with E-state index < -0.39 is 19.8 Å². The molecule has 5 nitrogen and oxygen atoms in total. The Morgan fingerprint density at radius 1 is 0.731 bits per heavy atom. The van der Waals surface area contributed by atoms with Crippen molar-refractivity contribution in [3.63, 3.8) is 0 Å². The first-order valence-electron chi connectivity index (χ1n) is 7.90. The van der Waals surface area contributed by atoms with E-state index >= 15 is 0 Å². The van der Waals surface area contributed by atoms with Crippen molar-refractivity contribution in [2.75, 3.05) is 0 Å². The smallest absolute Gasteiger partial charge is 0.414 e. The second kappa shape index (κ2) is 9.54. The Morgan fingerprint density at radius 3 is 1.38 bits per heavy atom. The van der Waals surface area contributed by atoms with Crippen LogP contribution in [0.15, 0.2) is 72.2 Å². The molecule has 0 N–H and O–H groups in total. The molecule has 0 atom stereocenters. The minimum atomic E-state index is -3.14. The average molecular weight is 370 g/mol. The highest BCUT2D eigenvalue weighted by atomic mass is 31.1. The van der Waals surface area contributed by atoms with Crippen LogP contribution in [0.25, 0.3) is 12.2 Å². The molecule has 26 heavy (non-hydrogen) atoms. The first-order valence-corrected chi connectivity index (χ1v) is 9.13. The molecule has 0 radical (unpaired) electrons. The van der Waals surface area contributed by atoms with Gasteiger partial charge in [-0.1, -0.05) is 60.7 Å². The summed E-state index contributed by atoms with van der Waals surface area (Å²) in [4.78, 5) is 23.5. The zero-order valence-electron chi connectivity index (χ0n) is 14.5. The molecule has 2 aromatic carbocycles. The molecule has 0 aliphatic rings. The molecule has 0 aromatic heterocycles. The number of carbonyl (C=O) groups is 2. The lowest BCUT2D eigenvalue weighted by atomic mass is 10.2. The lowest BCUT2D eigenvalue weighted by Crippen LogP contribution is -2.01. The van der Waals surface area contributed by atoms with E-state index in [1.54, 1.807) is 48.5 Å². The van der Waals surface area contributed by atoms with E-state index in [2.05, 4.69) is 0 Å². The van der Waals surface area contributed by atoms with Crippen LogP contribution >= 0.6 is 8.25 Å². The van der Waals surface area contributed by atoms with Crippen LogP contribution in [-0.4, -0.2) is 11.6 Å². The fourth-order valence-corrected chi connectivity index (χ4v) is 2.81. The summed E-state index contributed by atoms with van der Waals surface area (Å²) in [6.07, 6.45) is 2.95. The molecule has 2 rings (SSSR count). The number of ketones is 2. The first-order chi connectivity index (χ1) is 12.5. The molecule has 0 saturated heterocycles. The minimum Gasteiger partial charge on any atom is -0.414 e. The van der Waals surface area contributed by atoms with Gasteiger partial charge in [-0.15, -0.1) is 0 Å². The zero-order chi connectivity index (χ0) is 18.9. The van der Waals surface area contributed by atoms with Gasteiger partial charge in [0, 0.05) is 13.8 Å². The summed E-state index contributed by atoms with van der Waals surface area (Å²) >= 11 is 0. The zero-order valence-corrected chi connectivity index (χ0v) is 15.5. The normalized spacial score (nSPS) is 13.0. The van der Waals surface area contributed by atoms with Crippen molar-refractivity contribution in [2.45, 2.75) is 13.8 Å². The summed E-state index contributed by atoms with van der Waals surface area (Å²) in [6.45, 7) is 2.60. The molecule has 0 saturated carbocycles. The van der Waals surface area contributed by atoms with Crippen molar-refractivity contribution < 1.29 is 23.2 Å². The fraction of sp³-hybridized carbons (Fsp3) is 0.100. The number of hydrogen-bond donors (Lipinski definition) is 0. The Hall–Kier alpha value is -2.91. The third kappa shape index (κ3) is 6.19. The number of allylic oxidation sites excluding steroid dienone is 2. The number of benzene rings is 2. The molecular formula is C20H19O5P. The molecule has 0 spiro atoms. The van der Waals surface area contributed by atoms with E-state index in [1.807, 2.05) is 12.1 Å². The Bertz CT molecular complexity index is 783. The van der Waals surface area contributed by atoms with E-state index in [4.69, 9.17) is 9.05 Å². The lowest BCUT2D eigenvalue weighted by Gasteiger charge is -2.10. The van der Waals surface area contributed by atoms with Gasteiger partial charge in [0.15, 0.2) is 23.1 Å². The van der Waals surface area contributed by atoms with Crippen LogP contribution in [0.4, 0.5) is 0 Å². The fourth-order valence-electron chi connectivity index (χ4n) is 2.01. The average Bonchev–Trinajstić information content (AvgIpc) is 2.62. The topological polar surface area (TPSA) is 69.7 Å². The van der Waals surface area contributed by atoms with E-state index in [0.717, 1.165) is 11.1 Å². The van der Waals surface area contributed by atoms with Gasteiger partial charge in [-0.3, -0.25) is 9.59 Å². The quantitative estimate of drug-likeness (QED) is 0.384. The van der Waals surface area contributed by atoms with Crippen molar-refractivity contribution in [1.29, 1.82) is 0 Å². The highest BCUT2D eigenvalue weighted by Gasteiger charge is 2.15. The van der Waals surface area contributed by atoms with Gasteiger partial charge in [0.1, 0.15) is 0 Å². The van der Waals surface area contributed by atoms with Crippen LogP contribution in [0.5, 0.6) is 0 Å². The molecule has 0 unspecified atom stereocenters. The van der Waals surface area contributed by atoms with Gasteiger partial charge in [-0.2, -0.15) is 0 Å². The molecule has 0 aliphatic carbocycles. The summed E-state index contributed by atoms with van der Waals surface area (Å²) in [5.41, 5.74) is 1.44. The molecular weight excluding hydrogens is 351 g/mol. The van der Waals surface area contributed by atoms with Crippen LogP contribution in [0.3, 0.4) is 0 Å². The van der Waals surface area contributed by atoms with Gasteiger partial charge in [-0.05, 0) is 23.3 Å². The van der Waals surface area contributed by atoms with Gasteiger partial charge in [0.05, 0.1) is 0 Å². The third-order valence-corrected chi connectivity index (χ3v) is 4.05. The molecule has 0 bridgehead atoms. The van der Waals surface area contributed by atoms with Crippen LogP contribution in [0.2, 0.25) is 0 Å². The largest absolute Gasteiger partial charge is 0.419 e. The molecule has 0 amide bonds. The Balaban J connectivity index is 2.16. The molecule has 0 heterocycles. The predicted octanol–water partition coefficient (Wildman–Crippen LogP) is 4.67. The number of Topliss-reactive ketones (excluding diaryl/α,β-unsaturated/α-hetero) is 2. The van der Waals surface area contributed by atoms with Crippen LogP contribution < -0.4 is 0 Å². The number of carbonyl (C=O) groups excluding carboxylic acids is 2. The molecule has 6 heteroatoms. The van der Waals surface area contributed by atoms with Gasteiger partial charge < -0.3 is 9.05 Å². The third-order valence-electron chi connectivity index (χ3n) is 3.28. The van der Waals surface area contributed by atoms with Gasteiger partial charge in [0.2, 0.25) is 0 Å². The van der Waals surface area contributed by atoms with Gasteiger partial charge in [-0.25, -0.2) is 4.57 Å². The highest BCUT2D eigenvalue weighted by molar-refractivity contribution is 7.33. The lowest BCUT2D eigenvalue weighted by molar-refractivity contribution is -0.115. The summed E-state index contributed by atoms with van der Waals surface area (Å²) in [6, 6.07) is 18.0. The summed E-state index contributed by atoms with van der Waals surface area (Å²) in [5, 5.41) is 0. The predicted molar refractivity (Wildman–Crippen MR) is 101 cm³/mol. The minimum absolute atomic E-state index is 0.0947. The van der Waals surface area contributed by atoms with Crippen molar-refractivity contribution in [1.82, 2.24) is 0 Å². The monoisotopic (exact) mass is 370 g/mol. The van der Waals surface area contributed by atoms with E-state index in [1.165, 1.54) is 26.0 Å². The van der Waals surface area contributed by atoms with E-state index in [9.17, 15) is 14.2 Å². The summed E-state index contributed by atoms with van der Waals surface area (Å²) in [7, 11) is -3.14. The Kier molecular flexibility index (Phi) is 7.12. The number of hydrogen-bond acceptors (Lipinski definition) is 5. The van der Waals surface area contributed by atoms with Crippen molar-refractivity contribution in [2.24, 2.45) is 0 Å². The summed E-state index contributed by atoms with van der Waals surface area (Å²) < 4.78 is 22.6. The van der Waals surface area contributed by atoms with Crippen molar-refractivity contribution >= 4 is 32.0 Å². The number of rotatable bonds is 8. The molecule has 2 aromatic rings. The Morgan fingerprint density at radius 2 is 1.08 bits per heavy atom. The van der Waals surface area contributed by atoms with Gasteiger partial charge in [0.25, 0.3) is 0 Å². The van der Waals surface area contributed by atoms with E-state index in [0.29, 0.717) is 0 Å². The standard InChI is InChI=1S/C20H19O5P/c1-15(21)19(13-17-9-5-3-6-10-17)24-26(23)25-20(16(2)22)14-18-11-7-4-8-12-18/h3-14,26H,1-2H3. The maximum absolute atomic E-state index is 12.2. The maximum Gasteiger partial charge on any atom is 0.419 e.